The summed E-state index contributed by atoms with van der Waals surface area (Å²) in [6.07, 6.45) is 0.964. The maximum atomic E-state index is 12.2. The number of nitrogens with zero attached hydrogens (tertiary/aromatic N) is 1. The van der Waals surface area contributed by atoms with Crippen LogP contribution in [0, 0.1) is 6.92 Å². The fourth-order valence-corrected chi connectivity index (χ4v) is 2.92. The molecule has 26 heavy (non-hydrogen) atoms. The lowest BCUT2D eigenvalue weighted by atomic mass is 10.2. The molecular formula is C21H24N2O3. The van der Waals surface area contributed by atoms with Crippen LogP contribution in [0.3, 0.4) is 0 Å². The summed E-state index contributed by atoms with van der Waals surface area (Å²) in [6, 6.07) is 15.3. The molecule has 1 N–H and O–H groups in total. The number of hydrogen-bond donors (Lipinski definition) is 1. The molecule has 136 valence electrons. The first kappa shape index (κ1) is 18.0. The normalized spacial score (nSPS) is 15.0. The Labute approximate surface area is 154 Å². The maximum Gasteiger partial charge on any atom is 0.261 e. The van der Waals surface area contributed by atoms with Crippen molar-refractivity contribution in [2.24, 2.45) is 0 Å². The van der Waals surface area contributed by atoms with E-state index < -0.39 is 6.10 Å². The van der Waals surface area contributed by atoms with Gasteiger partial charge in [-0.2, -0.15) is 0 Å². The lowest BCUT2D eigenvalue weighted by Crippen LogP contribution is -2.35. The molecule has 0 spiro atoms. The van der Waals surface area contributed by atoms with Crippen molar-refractivity contribution in [1.82, 2.24) is 5.32 Å². The molecule has 5 nitrogen and oxygen atoms in total. The zero-order valence-corrected chi connectivity index (χ0v) is 15.2. The largest absolute Gasteiger partial charge is 0.481 e. The Hall–Kier alpha value is -2.82. The standard InChI is InChI=1S/C21H24N2O3/c1-15-5-11-19(12-6-15)26-16(2)21(25)22-14-17-7-9-18(10-8-17)23-13-3-4-20(23)24/h5-12,16H,3-4,13-14H2,1-2H3,(H,22,25)/t16-/m0/s1. The number of rotatable bonds is 6. The van der Waals surface area contributed by atoms with Gasteiger partial charge in [0.1, 0.15) is 5.75 Å². The van der Waals surface area contributed by atoms with E-state index in [1.54, 1.807) is 11.8 Å². The first-order valence-electron chi connectivity index (χ1n) is 8.93. The van der Waals surface area contributed by atoms with Gasteiger partial charge in [0.15, 0.2) is 6.10 Å². The Balaban J connectivity index is 1.50. The van der Waals surface area contributed by atoms with Crippen LogP contribution < -0.4 is 15.0 Å². The van der Waals surface area contributed by atoms with Crippen molar-refractivity contribution in [3.05, 3.63) is 59.7 Å². The molecule has 1 aliphatic heterocycles. The van der Waals surface area contributed by atoms with E-state index in [1.165, 1.54) is 0 Å². The highest BCUT2D eigenvalue weighted by atomic mass is 16.5. The Morgan fingerprint density at radius 3 is 2.46 bits per heavy atom. The molecule has 0 bridgehead atoms. The van der Waals surface area contributed by atoms with Gasteiger partial charge in [0.25, 0.3) is 5.91 Å². The van der Waals surface area contributed by atoms with Gasteiger partial charge >= 0.3 is 0 Å². The van der Waals surface area contributed by atoms with Crippen LogP contribution in [0.15, 0.2) is 48.5 Å². The summed E-state index contributed by atoms with van der Waals surface area (Å²) in [5.41, 5.74) is 3.04. The molecule has 3 rings (SSSR count). The van der Waals surface area contributed by atoms with Crippen LogP contribution in [-0.4, -0.2) is 24.5 Å². The van der Waals surface area contributed by atoms with E-state index in [1.807, 2.05) is 55.5 Å². The topological polar surface area (TPSA) is 58.6 Å². The van der Waals surface area contributed by atoms with Crippen LogP contribution in [0.25, 0.3) is 0 Å². The number of anilines is 1. The summed E-state index contributed by atoms with van der Waals surface area (Å²) in [7, 11) is 0. The van der Waals surface area contributed by atoms with Crippen molar-refractivity contribution < 1.29 is 14.3 Å². The lowest BCUT2D eigenvalue weighted by molar-refractivity contribution is -0.127. The minimum atomic E-state index is -0.570. The van der Waals surface area contributed by atoms with E-state index in [0.717, 1.165) is 29.8 Å². The molecule has 2 aromatic rings. The van der Waals surface area contributed by atoms with E-state index in [4.69, 9.17) is 4.74 Å². The molecule has 1 heterocycles. The second-order valence-corrected chi connectivity index (χ2v) is 6.61. The molecule has 0 saturated carbocycles. The molecule has 5 heteroatoms. The quantitative estimate of drug-likeness (QED) is 0.868. The first-order valence-corrected chi connectivity index (χ1v) is 8.93. The predicted octanol–water partition coefficient (Wildman–Crippen LogP) is 3.21. The average molecular weight is 352 g/mol. The van der Waals surface area contributed by atoms with Crippen molar-refractivity contribution in [2.45, 2.75) is 39.3 Å². The lowest BCUT2D eigenvalue weighted by Gasteiger charge is -2.17. The Kier molecular flexibility index (Phi) is 5.56. The minimum absolute atomic E-state index is 0.163. The number of carbonyl (C=O) groups excluding carboxylic acids is 2. The number of benzene rings is 2. The van der Waals surface area contributed by atoms with Crippen LogP contribution in [0.5, 0.6) is 5.75 Å². The molecule has 1 aliphatic rings. The summed E-state index contributed by atoms with van der Waals surface area (Å²) in [6.45, 7) is 4.94. The van der Waals surface area contributed by atoms with Crippen LogP contribution in [0.2, 0.25) is 0 Å². The molecule has 0 aromatic heterocycles. The van der Waals surface area contributed by atoms with Crippen molar-refractivity contribution in [3.63, 3.8) is 0 Å². The second-order valence-electron chi connectivity index (χ2n) is 6.61. The third kappa shape index (κ3) is 4.42. The van der Waals surface area contributed by atoms with Gasteiger partial charge in [0.05, 0.1) is 0 Å². The van der Waals surface area contributed by atoms with Crippen molar-refractivity contribution >= 4 is 17.5 Å². The van der Waals surface area contributed by atoms with E-state index in [-0.39, 0.29) is 11.8 Å². The predicted molar refractivity (Wildman–Crippen MR) is 101 cm³/mol. The number of nitrogens with one attached hydrogen (secondary N) is 1. The van der Waals surface area contributed by atoms with Crippen LogP contribution in [0.1, 0.15) is 30.9 Å². The van der Waals surface area contributed by atoms with Crippen LogP contribution >= 0.6 is 0 Å². The highest BCUT2D eigenvalue weighted by molar-refractivity contribution is 5.95. The molecule has 1 saturated heterocycles. The van der Waals surface area contributed by atoms with Gasteiger partial charge < -0.3 is 15.0 Å². The van der Waals surface area contributed by atoms with Gasteiger partial charge in [-0.15, -0.1) is 0 Å². The van der Waals surface area contributed by atoms with E-state index in [2.05, 4.69) is 5.32 Å². The van der Waals surface area contributed by atoms with Crippen molar-refractivity contribution in [3.8, 4) is 5.75 Å². The highest BCUT2D eigenvalue weighted by Gasteiger charge is 2.21. The third-order valence-corrected chi connectivity index (χ3v) is 4.49. The van der Waals surface area contributed by atoms with Gasteiger partial charge in [0, 0.05) is 25.2 Å². The number of carbonyl (C=O) groups is 2. The third-order valence-electron chi connectivity index (χ3n) is 4.49. The molecule has 2 aromatic carbocycles. The Morgan fingerprint density at radius 2 is 1.85 bits per heavy atom. The number of hydrogen-bond acceptors (Lipinski definition) is 3. The minimum Gasteiger partial charge on any atom is -0.481 e. The molecule has 2 amide bonds. The van der Waals surface area contributed by atoms with Gasteiger partial charge in [0.2, 0.25) is 5.91 Å². The van der Waals surface area contributed by atoms with E-state index in [0.29, 0.717) is 18.7 Å². The zero-order valence-electron chi connectivity index (χ0n) is 15.2. The van der Waals surface area contributed by atoms with Gasteiger partial charge in [-0.05, 0) is 50.1 Å². The van der Waals surface area contributed by atoms with Crippen LogP contribution in [-0.2, 0) is 16.1 Å². The van der Waals surface area contributed by atoms with E-state index >= 15 is 0 Å². The molecule has 1 atom stereocenters. The number of ether oxygens (including phenoxy) is 1. The summed E-state index contributed by atoms with van der Waals surface area (Å²) in [5, 5.41) is 2.88. The molecule has 0 radical (unpaired) electrons. The smallest absolute Gasteiger partial charge is 0.261 e. The summed E-state index contributed by atoms with van der Waals surface area (Å²) >= 11 is 0. The van der Waals surface area contributed by atoms with Crippen molar-refractivity contribution in [2.75, 3.05) is 11.4 Å². The van der Waals surface area contributed by atoms with Crippen molar-refractivity contribution in [1.29, 1.82) is 0 Å². The second kappa shape index (κ2) is 8.04. The molecule has 1 fully saturated rings. The van der Waals surface area contributed by atoms with E-state index in [9.17, 15) is 9.59 Å². The van der Waals surface area contributed by atoms with Gasteiger partial charge in [-0.1, -0.05) is 29.8 Å². The summed E-state index contributed by atoms with van der Waals surface area (Å²) in [4.78, 5) is 25.8. The number of aryl methyl sites for hydroxylation is 1. The monoisotopic (exact) mass is 352 g/mol. The highest BCUT2D eigenvalue weighted by Crippen LogP contribution is 2.21. The molecule has 0 unspecified atom stereocenters. The van der Waals surface area contributed by atoms with Gasteiger partial charge in [-0.25, -0.2) is 0 Å². The summed E-state index contributed by atoms with van der Waals surface area (Å²) < 4.78 is 5.66. The SMILES string of the molecule is Cc1ccc(O[C@@H](C)C(=O)NCc2ccc(N3CCCC3=O)cc2)cc1. The molecule has 0 aliphatic carbocycles. The Morgan fingerprint density at radius 1 is 1.15 bits per heavy atom. The fraction of sp³-hybridized carbons (Fsp3) is 0.333. The first-order chi connectivity index (χ1) is 12.5. The Bertz CT molecular complexity index is 769. The summed E-state index contributed by atoms with van der Waals surface area (Å²) in [5.74, 6) is 0.690. The zero-order chi connectivity index (χ0) is 18.5. The van der Waals surface area contributed by atoms with Gasteiger partial charge in [-0.3, -0.25) is 9.59 Å². The van der Waals surface area contributed by atoms with Crippen LogP contribution in [0.4, 0.5) is 5.69 Å². The average Bonchev–Trinajstić information content (AvgIpc) is 3.08. The fourth-order valence-electron chi connectivity index (χ4n) is 2.92. The molecular weight excluding hydrogens is 328 g/mol. The number of amides is 2. The maximum absolute atomic E-state index is 12.2.